The second kappa shape index (κ2) is 12.5. The van der Waals surface area contributed by atoms with Crippen LogP contribution < -0.4 is 16.0 Å². The fraction of sp³-hybridized carbons (Fsp3) is 0.407. The van der Waals surface area contributed by atoms with Gasteiger partial charge in [-0.05, 0) is 56.5 Å². The average Bonchev–Trinajstić information content (AvgIpc) is 3.12. The van der Waals surface area contributed by atoms with Crippen molar-refractivity contribution in [3.8, 4) is 0 Å². The third-order valence-corrected chi connectivity index (χ3v) is 9.06. The largest absolute Gasteiger partial charge is 0.376 e. The van der Waals surface area contributed by atoms with E-state index in [-0.39, 0.29) is 34.6 Å². The molecule has 1 saturated heterocycles. The van der Waals surface area contributed by atoms with Crippen LogP contribution in [-0.4, -0.2) is 67.5 Å². The number of alkyl halides is 1. The summed E-state index contributed by atoms with van der Waals surface area (Å²) in [6.45, 7) is 3.14. The number of rotatable bonds is 8. The molecule has 4 N–H and O–H groups in total. The van der Waals surface area contributed by atoms with Crippen molar-refractivity contribution in [2.45, 2.75) is 48.9 Å². The number of allylic oxidation sites excluding steroid dienone is 3. The van der Waals surface area contributed by atoms with Crippen LogP contribution >= 0.6 is 23.2 Å². The molecule has 39 heavy (non-hydrogen) atoms. The Balaban J connectivity index is 1.42. The van der Waals surface area contributed by atoms with Crippen LogP contribution in [0.3, 0.4) is 0 Å². The van der Waals surface area contributed by atoms with Crippen LogP contribution in [-0.2, 0) is 14.8 Å². The van der Waals surface area contributed by atoms with Crippen molar-refractivity contribution >= 4 is 45.0 Å². The maximum atomic E-state index is 13.2. The highest BCUT2D eigenvalue weighted by Gasteiger charge is 2.32. The number of nitrogens with one attached hydrogen (secondary N) is 4. The number of likely N-dealkylation sites (tertiary alicyclic amines) is 1. The molecule has 3 aliphatic rings. The van der Waals surface area contributed by atoms with E-state index in [0.29, 0.717) is 35.9 Å². The Morgan fingerprint density at radius 3 is 2.64 bits per heavy atom. The molecule has 0 saturated carbocycles. The Labute approximate surface area is 240 Å². The quantitative estimate of drug-likeness (QED) is 0.343. The van der Waals surface area contributed by atoms with Gasteiger partial charge in [-0.25, -0.2) is 12.7 Å². The molecule has 2 aliphatic heterocycles. The Kier molecular flexibility index (Phi) is 9.30. The van der Waals surface area contributed by atoms with Crippen molar-refractivity contribution in [2.24, 2.45) is 0 Å². The van der Waals surface area contributed by atoms with Gasteiger partial charge in [-0.1, -0.05) is 29.3 Å². The number of sulfonamides is 1. The van der Waals surface area contributed by atoms with E-state index in [1.807, 2.05) is 17.9 Å². The van der Waals surface area contributed by atoms with Crippen LogP contribution in [0.5, 0.6) is 0 Å². The minimum absolute atomic E-state index is 0.0339. The smallest absolute Gasteiger partial charge is 0.269 e. The summed E-state index contributed by atoms with van der Waals surface area (Å²) < 4.78 is 27.3. The minimum Gasteiger partial charge on any atom is -0.376 e. The third-order valence-electron chi connectivity index (χ3n) is 6.83. The second-order valence-corrected chi connectivity index (χ2v) is 12.6. The van der Waals surface area contributed by atoms with E-state index >= 15 is 0 Å². The first-order valence-corrected chi connectivity index (χ1v) is 15.1. The number of halogens is 2. The summed E-state index contributed by atoms with van der Waals surface area (Å²) in [7, 11) is -2.19. The fourth-order valence-electron chi connectivity index (χ4n) is 4.73. The summed E-state index contributed by atoms with van der Waals surface area (Å²) >= 11 is 12.3. The normalized spacial score (nSPS) is 23.1. The topological polar surface area (TPSA) is 118 Å². The molecule has 1 aromatic carbocycles. The van der Waals surface area contributed by atoms with Gasteiger partial charge in [0.1, 0.15) is 11.7 Å². The highest BCUT2D eigenvalue weighted by atomic mass is 35.5. The SMILES string of the molecule is CN/C(NC1CCCCN(C(=O)CNC2=CC(Cl)CC(Cl)=C2)C1)=C1/C=CN(S(=O)(=O)c2ccc(C)cc2)C1=N. The van der Waals surface area contributed by atoms with E-state index in [1.54, 1.807) is 43.5 Å². The highest BCUT2D eigenvalue weighted by molar-refractivity contribution is 7.89. The van der Waals surface area contributed by atoms with Gasteiger partial charge >= 0.3 is 0 Å². The molecule has 0 bridgehead atoms. The lowest BCUT2D eigenvalue weighted by molar-refractivity contribution is -0.130. The lowest BCUT2D eigenvalue weighted by Crippen LogP contribution is -2.46. The Bertz CT molecular complexity index is 1340. The van der Waals surface area contributed by atoms with Crippen LogP contribution in [0.2, 0.25) is 0 Å². The van der Waals surface area contributed by atoms with E-state index in [0.717, 1.165) is 34.8 Å². The molecular formula is C27H34Cl2N6O3S. The van der Waals surface area contributed by atoms with Crippen molar-refractivity contribution < 1.29 is 13.2 Å². The molecule has 9 nitrogen and oxygen atoms in total. The zero-order chi connectivity index (χ0) is 28.2. The molecule has 0 spiro atoms. The van der Waals surface area contributed by atoms with Crippen molar-refractivity contribution in [1.82, 2.24) is 25.2 Å². The Hall–Kier alpha value is -2.95. The summed E-state index contributed by atoms with van der Waals surface area (Å²) in [5.74, 6) is 0.354. The van der Waals surface area contributed by atoms with Crippen LogP contribution in [0.1, 0.15) is 31.2 Å². The lowest BCUT2D eigenvalue weighted by Gasteiger charge is -2.28. The summed E-state index contributed by atoms with van der Waals surface area (Å²) in [6, 6.07) is 6.47. The zero-order valence-electron chi connectivity index (χ0n) is 22.0. The molecule has 1 fully saturated rings. The van der Waals surface area contributed by atoms with Crippen molar-refractivity contribution in [3.05, 3.63) is 76.4 Å². The molecule has 2 atom stereocenters. The maximum Gasteiger partial charge on any atom is 0.269 e. The number of amidine groups is 1. The van der Waals surface area contributed by atoms with Gasteiger partial charge in [0.15, 0.2) is 0 Å². The van der Waals surface area contributed by atoms with Gasteiger partial charge in [0.2, 0.25) is 5.91 Å². The number of amides is 1. The van der Waals surface area contributed by atoms with Crippen LogP contribution in [0.15, 0.2) is 75.7 Å². The summed E-state index contributed by atoms with van der Waals surface area (Å²) in [5.41, 5.74) is 2.12. The molecule has 2 unspecified atom stereocenters. The molecular weight excluding hydrogens is 559 g/mol. The summed E-state index contributed by atoms with van der Waals surface area (Å²) in [6.07, 6.45) is 9.86. The van der Waals surface area contributed by atoms with Crippen LogP contribution in [0.4, 0.5) is 0 Å². The molecule has 1 aliphatic carbocycles. The van der Waals surface area contributed by atoms with Crippen LogP contribution in [0.25, 0.3) is 0 Å². The standard InChI is InChI=1S/C27H34Cl2N6O3S/c1-18-6-8-23(9-7-18)39(37,38)35-12-10-24(26(35)30)27(31-2)33-21-5-3-4-11-34(17-21)25(36)16-32-22-14-19(28)13-20(29)15-22/h6-10,12,14-15,19,21,30-33H,3-5,11,13,16-17H2,1-2H3/b27-24+,30-26?. The van der Waals surface area contributed by atoms with E-state index < -0.39 is 10.0 Å². The van der Waals surface area contributed by atoms with Crippen molar-refractivity contribution in [2.75, 3.05) is 26.7 Å². The monoisotopic (exact) mass is 592 g/mol. The number of carbonyl (C=O) groups excluding carboxylic acids is 1. The van der Waals surface area contributed by atoms with E-state index in [4.69, 9.17) is 28.6 Å². The molecule has 2 heterocycles. The van der Waals surface area contributed by atoms with Crippen molar-refractivity contribution in [3.63, 3.8) is 0 Å². The Morgan fingerprint density at radius 1 is 1.21 bits per heavy atom. The molecule has 210 valence electrons. The van der Waals surface area contributed by atoms with E-state index in [2.05, 4.69) is 16.0 Å². The van der Waals surface area contributed by atoms with Gasteiger partial charge in [-0.15, -0.1) is 11.6 Å². The van der Waals surface area contributed by atoms with Gasteiger partial charge in [0.05, 0.1) is 22.4 Å². The number of nitrogens with zero attached hydrogens (tertiary/aromatic N) is 2. The maximum absolute atomic E-state index is 13.2. The van der Waals surface area contributed by atoms with Gasteiger partial charge < -0.3 is 20.9 Å². The van der Waals surface area contributed by atoms with E-state index in [1.165, 1.54) is 6.20 Å². The molecule has 0 aromatic heterocycles. The van der Waals surface area contributed by atoms with Gasteiger partial charge in [0, 0.05) is 49.5 Å². The zero-order valence-corrected chi connectivity index (χ0v) is 24.3. The molecule has 0 radical (unpaired) electrons. The first-order chi connectivity index (χ1) is 18.6. The van der Waals surface area contributed by atoms with Crippen molar-refractivity contribution in [1.29, 1.82) is 5.41 Å². The number of aryl methyl sites for hydroxylation is 1. The Morgan fingerprint density at radius 2 is 1.95 bits per heavy atom. The first-order valence-electron chi connectivity index (χ1n) is 12.9. The first kappa shape index (κ1) is 29.0. The number of hydrogen-bond donors (Lipinski definition) is 4. The van der Waals surface area contributed by atoms with E-state index in [9.17, 15) is 13.2 Å². The van der Waals surface area contributed by atoms with Gasteiger partial charge in [-0.2, -0.15) is 0 Å². The minimum atomic E-state index is -3.91. The molecule has 1 aromatic rings. The van der Waals surface area contributed by atoms with Gasteiger partial charge in [-0.3, -0.25) is 10.2 Å². The predicted molar refractivity (Wildman–Crippen MR) is 155 cm³/mol. The lowest BCUT2D eigenvalue weighted by atomic mass is 10.1. The summed E-state index contributed by atoms with van der Waals surface area (Å²) in [5, 5.41) is 18.7. The van der Waals surface area contributed by atoms with Crippen LogP contribution in [0, 0.1) is 12.3 Å². The second-order valence-electron chi connectivity index (χ2n) is 9.78. The molecule has 1 amide bonds. The molecule has 4 rings (SSSR count). The average molecular weight is 594 g/mol. The fourth-order valence-corrected chi connectivity index (χ4v) is 6.66. The number of benzene rings is 1. The number of hydrogen-bond acceptors (Lipinski definition) is 7. The molecule has 12 heteroatoms. The van der Waals surface area contributed by atoms with Gasteiger partial charge in [0.25, 0.3) is 10.0 Å². The summed E-state index contributed by atoms with van der Waals surface area (Å²) in [4.78, 5) is 15.0. The third kappa shape index (κ3) is 6.98. The highest BCUT2D eigenvalue weighted by Crippen LogP contribution is 2.26. The predicted octanol–water partition coefficient (Wildman–Crippen LogP) is 3.50. The number of carbonyl (C=O) groups is 1.